The van der Waals surface area contributed by atoms with Gasteiger partial charge in [0.15, 0.2) is 5.17 Å². The Bertz CT molecular complexity index is 922. The van der Waals surface area contributed by atoms with E-state index in [2.05, 4.69) is 42.9 Å². The molecule has 5 nitrogen and oxygen atoms in total. The molecule has 0 spiro atoms. The standard InChI is InChI=1S/C20H18BrN3O2S/c21-15-6-7-17(25)14(12-15)13-18-19(26)22-20(27-18)24-10-8-23(9-11-24)16-4-2-1-3-5-16/h1-7,12-13,25H,8-11H2/b18-13-. The van der Waals surface area contributed by atoms with E-state index in [1.165, 1.54) is 17.4 Å². The molecule has 4 rings (SSSR count). The summed E-state index contributed by atoms with van der Waals surface area (Å²) in [4.78, 5) is 21.6. The lowest BCUT2D eigenvalue weighted by Crippen LogP contribution is -2.47. The number of nitrogens with zero attached hydrogens (tertiary/aromatic N) is 3. The van der Waals surface area contributed by atoms with Crippen LogP contribution in [0, 0.1) is 0 Å². The van der Waals surface area contributed by atoms with Gasteiger partial charge >= 0.3 is 0 Å². The van der Waals surface area contributed by atoms with Crippen molar-refractivity contribution >= 4 is 50.5 Å². The summed E-state index contributed by atoms with van der Waals surface area (Å²) in [5.74, 6) is -0.108. The van der Waals surface area contributed by atoms with E-state index in [-0.39, 0.29) is 11.7 Å². The first kappa shape index (κ1) is 18.1. The van der Waals surface area contributed by atoms with Crippen molar-refractivity contribution in [3.8, 4) is 5.75 Å². The molecule has 0 aromatic heterocycles. The number of carbonyl (C=O) groups excluding carboxylic acids is 1. The highest BCUT2D eigenvalue weighted by atomic mass is 79.9. The predicted octanol–water partition coefficient (Wildman–Crippen LogP) is 3.95. The number of aliphatic imine (C=N–C) groups is 1. The van der Waals surface area contributed by atoms with Crippen LogP contribution in [0.4, 0.5) is 5.69 Å². The summed E-state index contributed by atoms with van der Waals surface area (Å²) < 4.78 is 0.848. The lowest BCUT2D eigenvalue weighted by molar-refractivity contribution is -0.113. The Morgan fingerprint density at radius 3 is 2.48 bits per heavy atom. The molecule has 2 heterocycles. The summed E-state index contributed by atoms with van der Waals surface area (Å²) in [5.41, 5.74) is 1.82. The van der Waals surface area contributed by atoms with Crippen molar-refractivity contribution in [2.45, 2.75) is 0 Å². The number of aromatic hydroxyl groups is 1. The van der Waals surface area contributed by atoms with E-state index < -0.39 is 0 Å². The Hall–Kier alpha value is -2.25. The Morgan fingerprint density at radius 2 is 1.74 bits per heavy atom. The fourth-order valence-electron chi connectivity index (χ4n) is 3.11. The molecule has 0 radical (unpaired) electrons. The number of para-hydroxylation sites is 1. The van der Waals surface area contributed by atoms with Gasteiger partial charge in [0.1, 0.15) is 5.75 Å². The van der Waals surface area contributed by atoms with Crippen LogP contribution in [0.2, 0.25) is 0 Å². The number of hydrogen-bond acceptors (Lipinski definition) is 5. The smallest absolute Gasteiger partial charge is 0.286 e. The first-order valence-electron chi connectivity index (χ1n) is 8.66. The van der Waals surface area contributed by atoms with Crippen LogP contribution in [-0.4, -0.2) is 47.3 Å². The van der Waals surface area contributed by atoms with Crippen LogP contribution in [0.5, 0.6) is 5.75 Å². The first-order chi connectivity index (χ1) is 13.1. The van der Waals surface area contributed by atoms with Gasteiger partial charge in [0.05, 0.1) is 4.91 Å². The average Bonchev–Trinajstić information content (AvgIpc) is 3.06. The lowest BCUT2D eigenvalue weighted by atomic mass is 10.2. The van der Waals surface area contributed by atoms with Crippen LogP contribution in [-0.2, 0) is 4.79 Å². The summed E-state index contributed by atoms with van der Waals surface area (Å²) in [5, 5.41) is 10.7. The first-order valence-corrected chi connectivity index (χ1v) is 10.3. The van der Waals surface area contributed by atoms with Gasteiger partial charge in [-0.3, -0.25) is 4.79 Å². The van der Waals surface area contributed by atoms with E-state index >= 15 is 0 Å². The number of halogens is 1. The molecule has 0 aliphatic carbocycles. The van der Waals surface area contributed by atoms with E-state index in [1.54, 1.807) is 24.3 Å². The number of amides is 1. The maximum Gasteiger partial charge on any atom is 0.286 e. The molecule has 0 atom stereocenters. The van der Waals surface area contributed by atoms with Crippen LogP contribution in [0.25, 0.3) is 6.08 Å². The van der Waals surface area contributed by atoms with Gasteiger partial charge in [-0.15, -0.1) is 0 Å². The predicted molar refractivity (Wildman–Crippen MR) is 114 cm³/mol. The largest absolute Gasteiger partial charge is 0.507 e. The number of rotatable bonds is 2. The third-order valence-corrected chi connectivity index (χ3v) is 6.09. The second kappa shape index (κ2) is 7.78. The second-order valence-electron chi connectivity index (χ2n) is 6.32. The molecule has 2 aliphatic rings. The van der Waals surface area contributed by atoms with Crippen molar-refractivity contribution in [3.63, 3.8) is 0 Å². The van der Waals surface area contributed by atoms with Crippen LogP contribution in [0.3, 0.4) is 0 Å². The summed E-state index contributed by atoms with van der Waals surface area (Å²) in [6.07, 6.45) is 1.70. The number of thioether (sulfide) groups is 1. The van der Waals surface area contributed by atoms with Crippen molar-refractivity contribution in [3.05, 3.63) is 63.5 Å². The Labute approximate surface area is 170 Å². The van der Waals surface area contributed by atoms with Crippen molar-refractivity contribution in [2.24, 2.45) is 4.99 Å². The second-order valence-corrected chi connectivity index (χ2v) is 8.25. The van der Waals surface area contributed by atoms with Crippen LogP contribution >= 0.6 is 27.7 Å². The molecule has 2 aromatic carbocycles. The highest BCUT2D eigenvalue weighted by Gasteiger charge is 2.28. The zero-order valence-corrected chi connectivity index (χ0v) is 16.9. The molecule has 27 heavy (non-hydrogen) atoms. The Balaban J connectivity index is 1.43. The monoisotopic (exact) mass is 443 g/mol. The zero-order valence-electron chi connectivity index (χ0n) is 14.5. The summed E-state index contributed by atoms with van der Waals surface area (Å²) in [6.45, 7) is 3.43. The van der Waals surface area contributed by atoms with Crippen molar-refractivity contribution in [1.82, 2.24) is 4.90 Å². The van der Waals surface area contributed by atoms with Gasteiger partial charge in [-0.2, -0.15) is 4.99 Å². The van der Waals surface area contributed by atoms with Gasteiger partial charge in [0.25, 0.3) is 5.91 Å². The highest BCUT2D eigenvalue weighted by Crippen LogP contribution is 2.33. The van der Waals surface area contributed by atoms with Crippen molar-refractivity contribution in [1.29, 1.82) is 0 Å². The molecule has 0 saturated carbocycles. The zero-order chi connectivity index (χ0) is 18.8. The number of phenols is 1. The van der Waals surface area contributed by atoms with Gasteiger partial charge in [0.2, 0.25) is 0 Å². The molecule has 0 unspecified atom stereocenters. The van der Waals surface area contributed by atoms with Gasteiger partial charge in [-0.25, -0.2) is 0 Å². The number of anilines is 1. The number of amidine groups is 1. The number of piperazine rings is 1. The SMILES string of the molecule is O=C1N=C(N2CCN(c3ccccc3)CC2)S/C1=C\c1cc(Br)ccc1O. The topological polar surface area (TPSA) is 56.1 Å². The average molecular weight is 444 g/mol. The van der Waals surface area contributed by atoms with Crippen molar-refractivity contribution in [2.75, 3.05) is 31.1 Å². The molecule has 2 aromatic rings. The maximum absolute atomic E-state index is 12.3. The number of hydrogen-bond donors (Lipinski definition) is 1. The van der Waals surface area contributed by atoms with Gasteiger partial charge in [0, 0.05) is 41.9 Å². The molecule has 1 fully saturated rings. The maximum atomic E-state index is 12.3. The minimum Gasteiger partial charge on any atom is -0.507 e. The Morgan fingerprint density at radius 1 is 1.04 bits per heavy atom. The van der Waals surface area contributed by atoms with Crippen LogP contribution in [0.15, 0.2) is 62.9 Å². The van der Waals surface area contributed by atoms with Crippen molar-refractivity contribution < 1.29 is 9.90 Å². The van der Waals surface area contributed by atoms with E-state index in [1.807, 2.05) is 18.2 Å². The quantitative estimate of drug-likeness (QED) is 0.712. The lowest BCUT2D eigenvalue weighted by Gasteiger charge is -2.36. The van der Waals surface area contributed by atoms with Crippen LogP contribution < -0.4 is 4.90 Å². The van der Waals surface area contributed by atoms with E-state index in [0.717, 1.165) is 35.8 Å². The molecule has 7 heteroatoms. The number of carbonyl (C=O) groups is 1. The van der Waals surface area contributed by atoms with Gasteiger partial charge < -0.3 is 14.9 Å². The molecular formula is C20H18BrN3O2S. The van der Waals surface area contributed by atoms with E-state index in [4.69, 9.17) is 0 Å². The normalized spacial score (nSPS) is 18.9. The Kier molecular flexibility index (Phi) is 5.22. The summed E-state index contributed by atoms with van der Waals surface area (Å²) in [7, 11) is 0. The third kappa shape index (κ3) is 4.04. The molecule has 1 N–H and O–H groups in total. The van der Waals surface area contributed by atoms with E-state index in [9.17, 15) is 9.90 Å². The summed E-state index contributed by atoms with van der Waals surface area (Å²) in [6, 6.07) is 15.5. The molecule has 138 valence electrons. The third-order valence-electron chi connectivity index (χ3n) is 4.56. The minimum atomic E-state index is -0.250. The fraction of sp³-hybridized carbons (Fsp3) is 0.200. The molecular weight excluding hydrogens is 426 g/mol. The molecule has 1 amide bonds. The van der Waals surface area contributed by atoms with Gasteiger partial charge in [-0.1, -0.05) is 34.1 Å². The fourth-order valence-corrected chi connectivity index (χ4v) is 4.44. The summed E-state index contributed by atoms with van der Waals surface area (Å²) >= 11 is 4.76. The highest BCUT2D eigenvalue weighted by molar-refractivity contribution is 9.10. The van der Waals surface area contributed by atoms with E-state index in [0.29, 0.717) is 10.5 Å². The van der Waals surface area contributed by atoms with Crippen LogP contribution in [0.1, 0.15) is 5.56 Å². The number of phenolic OH excluding ortho intramolecular Hbond substituents is 1. The molecule has 1 saturated heterocycles. The molecule has 0 bridgehead atoms. The molecule has 2 aliphatic heterocycles. The van der Waals surface area contributed by atoms with Gasteiger partial charge in [-0.05, 0) is 48.2 Å². The number of benzene rings is 2. The minimum absolute atomic E-state index is 0.143.